The molecule has 4 heteroatoms. The van der Waals surface area contributed by atoms with Gasteiger partial charge in [-0.25, -0.2) is 4.98 Å². The van der Waals surface area contributed by atoms with Crippen LogP contribution in [0.1, 0.15) is 44.3 Å². The van der Waals surface area contributed by atoms with E-state index >= 15 is 0 Å². The van der Waals surface area contributed by atoms with Crippen molar-refractivity contribution in [2.75, 3.05) is 6.54 Å². The minimum atomic E-state index is 0.533. The smallest absolute Gasteiger partial charge is 0.208 e. The first-order chi connectivity index (χ1) is 8.33. The molecule has 0 bridgehead atoms. The summed E-state index contributed by atoms with van der Waals surface area (Å²) in [4.78, 5) is 4.26. The molecule has 3 N–H and O–H groups in total. The molecule has 1 aliphatic rings. The van der Waals surface area contributed by atoms with E-state index in [2.05, 4.69) is 17.2 Å². The summed E-state index contributed by atoms with van der Waals surface area (Å²) in [7, 11) is 0. The summed E-state index contributed by atoms with van der Waals surface area (Å²) >= 11 is 0. The molecule has 2 rings (SSSR count). The van der Waals surface area contributed by atoms with Crippen molar-refractivity contribution >= 4 is 0 Å². The zero-order valence-corrected chi connectivity index (χ0v) is 10.6. The molecule has 2 atom stereocenters. The highest BCUT2D eigenvalue weighted by molar-refractivity contribution is 4.94. The fraction of sp³-hybridized carbons (Fsp3) is 0.769. The molecule has 1 aromatic rings. The molecular formula is C13H23N3O. The Bertz CT molecular complexity index is 337. The Hall–Kier alpha value is -0.870. The van der Waals surface area contributed by atoms with Gasteiger partial charge in [0, 0.05) is 12.5 Å². The maximum absolute atomic E-state index is 5.81. The van der Waals surface area contributed by atoms with Crippen LogP contribution >= 0.6 is 0 Å². The van der Waals surface area contributed by atoms with E-state index in [4.69, 9.17) is 10.2 Å². The fourth-order valence-electron chi connectivity index (χ4n) is 2.57. The lowest BCUT2D eigenvalue weighted by Gasteiger charge is -2.31. The largest absolute Gasteiger partial charge is 0.444 e. The van der Waals surface area contributed by atoms with Crippen molar-refractivity contribution in [3.63, 3.8) is 0 Å². The van der Waals surface area contributed by atoms with E-state index in [1.54, 1.807) is 0 Å². The second-order valence-electron chi connectivity index (χ2n) is 4.84. The predicted octanol–water partition coefficient (Wildman–Crippen LogP) is 1.84. The SMILES string of the molecule is CCc1cnc(CNC2CCCCC2CN)o1. The molecule has 0 spiro atoms. The van der Waals surface area contributed by atoms with Crippen LogP contribution in [0.2, 0.25) is 0 Å². The predicted molar refractivity (Wildman–Crippen MR) is 67.5 cm³/mol. The molecule has 0 aromatic carbocycles. The zero-order chi connectivity index (χ0) is 12.1. The van der Waals surface area contributed by atoms with Gasteiger partial charge in [0.2, 0.25) is 5.89 Å². The van der Waals surface area contributed by atoms with E-state index in [1.165, 1.54) is 25.7 Å². The number of aromatic nitrogens is 1. The average Bonchev–Trinajstić information content (AvgIpc) is 2.84. The summed E-state index contributed by atoms with van der Waals surface area (Å²) in [5, 5.41) is 3.54. The third-order valence-electron chi connectivity index (χ3n) is 3.68. The van der Waals surface area contributed by atoms with Crippen molar-refractivity contribution in [1.82, 2.24) is 10.3 Å². The highest BCUT2D eigenvalue weighted by Crippen LogP contribution is 2.23. The van der Waals surface area contributed by atoms with Gasteiger partial charge in [-0.1, -0.05) is 19.8 Å². The maximum Gasteiger partial charge on any atom is 0.208 e. The van der Waals surface area contributed by atoms with Crippen LogP contribution in [0.15, 0.2) is 10.6 Å². The first-order valence-electron chi connectivity index (χ1n) is 6.70. The first-order valence-corrected chi connectivity index (χ1v) is 6.70. The molecule has 96 valence electrons. The molecule has 1 heterocycles. The van der Waals surface area contributed by atoms with E-state index in [-0.39, 0.29) is 0 Å². The van der Waals surface area contributed by atoms with E-state index < -0.39 is 0 Å². The summed E-state index contributed by atoms with van der Waals surface area (Å²) in [6.07, 6.45) is 7.82. The van der Waals surface area contributed by atoms with Crippen LogP contribution < -0.4 is 11.1 Å². The van der Waals surface area contributed by atoms with Gasteiger partial charge in [-0.3, -0.25) is 0 Å². The van der Waals surface area contributed by atoms with Gasteiger partial charge in [0.25, 0.3) is 0 Å². The fourth-order valence-corrected chi connectivity index (χ4v) is 2.57. The molecule has 4 nitrogen and oxygen atoms in total. The Morgan fingerprint density at radius 2 is 2.29 bits per heavy atom. The van der Waals surface area contributed by atoms with E-state index in [1.807, 2.05) is 6.20 Å². The molecule has 1 saturated carbocycles. The van der Waals surface area contributed by atoms with Gasteiger partial charge in [-0.05, 0) is 25.3 Å². The zero-order valence-electron chi connectivity index (χ0n) is 10.6. The van der Waals surface area contributed by atoms with Gasteiger partial charge in [-0.15, -0.1) is 0 Å². The summed E-state index contributed by atoms with van der Waals surface area (Å²) < 4.78 is 5.59. The molecule has 0 saturated heterocycles. The molecule has 0 amide bonds. The van der Waals surface area contributed by atoms with E-state index in [9.17, 15) is 0 Å². The van der Waals surface area contributed by atoms with Crippen molar-refractivity contribution in [2.24, 2.45) is 11.7 Å². The standard InChI is InChI=1S/C13H23N3O/c1-2-11-8-16-13(17-11)9-15-12-6-4-3-5-10(12)7-14/h8,10,12,15H,2-7,9,14H2,1H3. The summed E-state index contributed by atoms with van der Waals surface area (Å²) in [5.41, 5.74) is 5.81. The highest BCUT2D eigenvalue weighted by Gasteiger charge is 2.23. The van der Waals surface area contributed by atoms with Crippen molar-refractivity contribution in [1.29, 1.82) is 0 Å². The van der Waals surface area contributed by atoms with E-state index in [0.717, 1.165) is 31.2 Å². The van der Waals surface area contributed by atoms with Crippen molar-refractivity contribution < 1.29 is 4.42 Å². The minimum Gasteiger partial charge on any atom is -0.444 e. The van der Waals surface area contributed by atoms with Crippen molar-refractivity contribution in [2.45, 2.75) is 51.6 Å². The van der Waals surface area contributed by atoms with Crippen molar-refractivity contribution in [3.05, 3.63) is 17.8 Å². The Balaban J connectivity index is 1.83. The molecule has 1 fully saturated rings. The number of nitrogens with two attached hydrogens (primary N) is 1. The van der Waals surface area contributed by atoms with Crippen LogP contribution in [0.3, 0.4) is 0 Å². The number of aryl methyl sites for hydroxylation is 1. The molecule has 2 unspecified atom stereocenters. The third kappa shape index (κ3) is 3.30. The summed E-state index contributed by atoms with van der Waals surface area (Å²) in [6, 6.07) is 0.533. The van der Waals surface area contributed by atoms with E-state index in [0.29, 0.717) is 12.0 Å². The molecular weight excluding hydrogens is 214 g/mol. The Labute approximate surface area is 103 Å². The van der Waals surface area contributed by atoms with Crippen molar-refractivity contribution in [3.8, 4) is 0 Å². The minimum absolute atomic E-state index is 0.533. The van der Waals surface area contributed by atoms with Gasteiger partial charge in [0.1, 0.15) is 5.76 Å². The second-order valence-corrected chi connectivity index (χ2v) is 4.84. The number of rotatable bonds is 5. The molecule has 0 aliphatic heterocycles. The van der Waals surface area contributed by atoms with Crippen LogP contribution in [-0.4, -0.2) is 17.6 Å². The number of nitrogens with zero attached hydrogens (tertiary/aromatic N) is 1. The maximum atomic E-state index is 5.81. The topological polar surface area (TPSA) is 64.1 Å². The quantitative estimate of drug-likeness (QED) is 0.820. The summed E-state index contributed by atoms with van der Waals surface area (Å²) in [5.74, 6) is 2.37. The monoisotopic (exact) mass is 237 g/mol. The lowest BCUT2D eigenvalue weighted by Crippen LogP contribution is -2.41. The lowest BCUT2D eigenvalue weighted by molar-refractivity contribution is 0.259. The normalized spacial score (nSPS) is 25.1. The molecule has 17 heavy (non-hydrogen) atoms. The average molecular weight is 237 g/mol. The number of nitrogens with one attached hydrogen (secondary N) is 1. The van der Waals surface area contributed by atoms with Crippen LogP contribution in [0, 0.1) is 5.92 Å². The Kier molecular flexibility index (Phi) is 4.57. The molecule has 1 aromatic heterocycles. The molecule has 0 radical (unpaired) electrons. The number of oxazole rings is 1. The second kappa shape index (κ2) is 6.17. The summed E-state index contributed by atoms with van der Waals surface area (Å²) in [6.45, 7) is 3.58. The van der Waals surface area contributed by atoms with Crippen LogP contribution in [-0.2, 0) is 13.0 Å². The van der Waals surface area contributed by atoms with Crippen LogP contribution in [0.25, 0.3) is 0 Å². The van der Waals surface area contributed by atoms with Crippen LogP contribution in [0.4, 0.5) is 0 Å². The Morgan fingerprint density at radius 3 is 3.00 bits per heavy atom. The van der Waals surface area contributed by atoms with Gasteiger partial charge < -0.3 is 15.5 Å². The highest BCUT2D eigenvalue weighted by atomic mass is 16.4. The van der Waals surface area contributed by atoms with Gasteiger partial charge in [0.05, 0.1) is 12.7 Å². The van der Waals surface area contributed by atoms with Gasteiger partial charge in [-0.2, -0.15) is 0 Å². The Morgan fingerprint density at radius 1 is 1.47 bits per heavy atom. The molecule has 1 aliphatic carbocycles. The number of hydrogen-bond donors (Lipinski definition) is 2. The lowest BCUT2D eigenvalue weighted by atomic mass is 9.84. The first kappa shape index (κ1) is 12.6. The van der Waals surface area contributed by atoms with Gasteiger partial charge >= 0.3 is 0 Å². The third-order valence-corrected chi connectivity index (χ3v) is 3.68. The van der Waals surface area contributed by atoms with Gasteiger partial charge in [0.15, 0.2) is 0 Å². The number of hydrogen-bond acceptors (Lipinski definition) is 4. The van der Waals surface area contributed by atoms with Crippen LogP contribution in [0.5, 0.6) is 0 Å².